The first-order valence-corrected chi connectivity index (χ1v) is 22.5. The van der Waals surface area contributed by atoms with E-state index in [1.807, 2.05) is 0 Å². The second-order valence-electron chi connectivity index (χ2n) is 17.7. The summed E-state index contributed by atoms with van der Waals surface area (Å²) in [6.45, 7) is 15.7. The molecule has 1 heterocycles. The highest BCUT2D eigenvalue weighted by molar-refractivity contribution is 6.24. The van der Waals surface area contributed by atoms with E-state index in [0.29, 0.717) is 0 Å². The van der Waals surface area contributed by atoms with Crippen LogP contribution in [0.3, 0.4) is 0 Å². The van der Waals surface area contributed by atoms with Crippen LogP contribution >= 0.6 is 0 Å². The van der Waals surface area contributed by atoms with Gasteiger partial charge in [-0.25, -0.2) is 4.98 Å². The molecule has 0 aliphatic rings. The lowest BCUT2D eigenvalue weighted by Crippen LogP contribution is -2.19. The summed E-state index contributed by atoms with van der Waals surface area (Å²) in [6.07, 6.45) is 15.1. The summed E-state index contributed by atoms with van der Waals surface area (Å²) in [5.41, 5.74) is 8.38. The zero-order valence-corrected chi connectivity index (χ0v) is 36.2. The van der Waals surface area contributed by atoms with Crippen LogP contribution in [0.1, 0.15) is 141 Å². The van der Waals surface area contributed by atoms with Crippen LogP contribution in [-0.4, -0.2) is 16.2 Å². The molecule has 7 rings (SSSR count). The van der Waals surface area contributed by atoms with Gasteiger partial charge in [-0.15, -0.1) is 0 Å². The number of aryl methyl sites for hydroxylation is 1. The van der Waals surface area contributed by atoms with Gasteiger partial charge < -0.3 is 9.30 Å². The molecular weight excluding hydrogens is 705 g/mol. The van der Waals surface area contributed by atoms with Crippen molar-refractivity contribution in [1.82, 2.24) is 9.55 Å². The van der Waals surface area contributed by atoms with Crippen molar-refractivity contribution in [2.75, 3.05) is 6.61 Å². The van der Waals surface area contributed by atoms with Crippen LogP contribution in [0, 0.1) is 0 Å². The first-order valence-electron chi connectivity index (χ1n) is 22.5. The molecule has 0 spiro atoms. The third-order valence-corrected chi connectivity index (χ3v) is 12.9. The van der Waals surface area contributed by atoms with Crippen LogP contribution in [0.15, 0.2) is 121 Å². The summed E-state index contributed by atoms with van der Waals surface area (Å²) >= 11 is 0. The maximum atomic E-state index is 6.26. The molecule has 0 atom stereocenters. The molecule has 302 valence electrons. The first kappa shape index (κ1) is 41.3. The predicted molar refractivity (Wildman–Crippen MR) is 250 cm³/mol. The van der Waals surface area contributed by atoms with Crippen molar-refractivity contribution in [3.8, 4) is 17.1 Å². The monoisotopic (exact) mass is 771 g/mol. The molecule has 0 aliphatic carbocycles. The largest absolute Gasteiger partial charge is 0.494 e. The lowest BCUT2D eigenvalue weighted by Gasteiger charge is -2.27. The van der Waals surface area contributed by atoms with Crippen LogP contribution in [0.5, 0.6) is 5.75 Å². The molecule has 0 saturated heterocycles. The summed E-state index contributed by atoms with van der Waals surface area (Å²) in [5, 5.41) is 5.05. The Morgan fingerprint density at radius 2 is 0.983 bits per heavy atom. The molecule has 0 saturated carbocycles. The molecule has 58 heavy (non-hydrogen) atoms. The Balaban J connectivity index is 1.38. The summed E-state index contributed by atoms with van der Waals surface area (Å²) in [5.74, 6) is 1.98. The number of hydrogen-bond donors (Lipinski definition) is 0. The number of ether oxygens (including phenoxy) is 1. The molecule has 0 bridgehead atoms. The number of benzene rings is 6. The van der Waals surface area contributed by atoms with Crippen molar-refractivity contribution in [2.24, 2.45) is 0 Å². The molecule has 3 heteroatoms. The Morgan fingerprint density at radius 1 is 0.483 bits per heavy atom. The average molecular weight is 771 g/mol. The number of hydrogen-bond acceptors (Lipinski definition) is 2. The van der Waals surface area contributed by atoms with Gasteiger partial charge in [-0.2, -0.15) is 0 Å². The van der Waals surface area contributed by atoms with Gasteiger partial charge in [0.2, 0.25) is 0 Å². The van der Waals surface area contributed by atoms with E-state index < -0.39 is 0 Å². The van der Waals surface area contributed by atoms with Crippen LogP contribution in [0.2, 0.25) is 0 Å². The molecule has 3 nitrogen and oxygen atoms in total. The van der Waals surface area contributed by atoms with E-state index in [0.717, 1.165) is 48.6 Å². The Bertz CT molecular complexity index is 2390. The Labute approximate surface area is 348 Å². The minimum atomic E-state index is -0.171. The standard InChI is InChI=1S/C55H66N2O/c1-7-9-11-13-15-23-37-57-52-50-40-45(55(5,6)43-27-21-18-22-28-43)32-36-48(50)47-35-31-44(54(3,4)42-25-19-17-20-26-42)39-49(47)51(52)56-53(57)41-29-33-46(34-30-41)58-38-24-16-14-12-10-8-2/h17-22,25-36,39-40H,7-16,23-24,37-38H2,1-6H3. The third kappa shape index (κ3) is 8.90. The Hall–Kier alpha value is -4.89. The van der Waals surface area contributed by atoms with E-state index in [2.05, 4.69) is 167 Å². The molecular formula is C55H66N2O. The molecule has 1 aromatic heterocycles. The number of imidazole rings is 1. The SMILES string of the molecule is CCCCCCCCOc1ccc(-c2nc3c4cc(C(C)(C)c5ccccc5)ccc4c4ccc(C(C)(C)c5ccccc5)cc4c3n2CCCCCCCC)cc1. The normalized spacial score (nSPS) is 12.2. The lowest BCUT2D eigenvalue weighted by molar-refractivity contribution is 0.304. The highest BCUT2D eigenvalue weighted by Crippen LogP contribution is 2.43. The van der Waals surface area contributed by atoms with Crippen molar-refractivity contribution < 1.29 is 4.74 Å². The van der Waals surface area contributed by atoms with Crippen LogP contribution in [0.25, 0.3) is 44.0 Å². The molecule has 0 unspecified atom stereocenters. The third-order valence-electron chi connectivity index (χ3n) is 12.9. The number of unbranched alkanes of at least 4 members (excludes halogenated alkanes) is 10. The van der Waals surface area contributed by atoms with Crippen molar-refractivity contribution >= 4 is 32.6 Å². The van der Waals surface area contributed by atoms with Gasteiger partial charge in [-0.05, 0) is 82.3 Å². The topological polar surface area (TPSA) is 27.1 Å². The first-order chi connectivity index (χ1) is 28.2. The second kappa shape index (κ2) is 18.8. The summed E-state index contributed by atoms with van der Waals surface area (Å²) in [4.78, 5) is 5.70. The smallest absolute Gasteiger partial charge is 0.141 e. The molecule has 0 N–H and O–H groups in total. The van der Waals surface area contributed by atoms with Crippen molar-refractivity contribution in [3.05, 3.63) is 144 Å². The van der Waals surface area contributed by atoms with E-state index >= 15 is 0 Å². The lowest BCUT2D eigenvalue weighted by atomic mass is 9.76. The molecule has 0 aliphatic heterocycles. The fourth-order valence-corrected chi connectivity index (χ4v) is 8.95. The fourth-order valence-electron chi connectivity index (χ4n) is 8.95. The van der Waals surface area contributed by atoms with E-state index in [-0.39, 0.29) is 10.8 Å². The van der Waals surface area contributed by atoms with Gasteiger partial charge in [-0.1, -0.05) is 191 Å². The summed E-state index contributed by atoms with van der Waals surface area (Å²) in [6, 6.07) is 45.0. The van der Waals surface area contributed by atoms with Crippen LogP contribution in [-0.2, 0) is 17.4 Å². The number of rotatable bonds is 20. The van der Waals surface area contributed by atoms with E-state index in [1.54, 1.807) is 0 Å². The van der Waals surface area contributed by atoms with E-state index in [9.17, 15) is 0 Å². The number of fused-ring (bicyclic) bond motifs is 6. The second-order valence-corrected chi connectivity index (χ2v) is 17.7. The van der Waals surface area contributed by atoms with Crippen LogP contribution in [0.4, 0.5) is 0 Å². The molecule has 0 radical (unpaired) electrons. The van der Waals surface area contributed by atoms with Gasteiger partial charge in [0.15, 0.2) is 0 Å². The summed E-state index contributed by atoms with van der Waals surface area (Å²) in [7, 11) is 0. The quantitative estimate of drug-likeness (QED) is 0.0570. The van der Waals surface area contributed by atoms with E-state index in [4.69, 9.17) is 9.72 Å². The minimum Gasteiger partial charge on any atom is -0.494 e. The van der Waals surface area contributed by atoms with E-state index in [1.165, 1.54) is 114 Å². The zero-order chi connectivity index (χ0) is 40.5. The van der Waals surface area contributed by atoms with Gasteiger partial charge in [0, 0.05) is 33.7 Å². The minimum absolute atomic E-state index is 0.168. The van der Waals surface area contributed by atoms with Crippen molar-refractivity contribution in [2.45, 2.75) is 136 Å². The highest BCUT2D eigenvalue weighted by atomic mass is 16.5. The Morgan fingerprint density at radius 3 is 1.55 bits per heavy atom. The molecule has 7 aromatic rings. The Kier molecular flexibility index (Phi) is 13.4. The maximum Gasteiger partial charge on any atom is 0.141 e. The fraction of sp³-hybridized carbons (Fsp3) is 0.400. The zero-order valence-electron chi connectivity index (χ0n) is 36.2. The van der Waals surface area contributed by atoms with Gasteiger partial charge in [0.1, 0.15) is 11.6 Å². The maximum absolute atomic E-state index is 6.26. The number of aromatic nitrogens is 2. The van der Waals surface area contributed by atoms with Crippen LogP contribution < -0.4 is 4.74 Å². The molecule has 0 fully saturated rings. The van der Waals surface area contributed by atoms with Crippen molar-refractivity contribution in [1.29, 1.82) is 0 Å². The summed E-state index contributed by atoms with van der Waals surface area (Å²) < 4.78 is 8.82. The number of nitrogens with zero attached hydrogens (tertiary/aromatic N) is 2. The average Bonchev–Trinajstić information content (AvgIpc) is 3.65. The molecule has 6 aromatic carbocycles. The van der Waals surface area contributed by atoms with Gasteiger partial charge >= 0.3 is 0 Å². The molecule has 0 amide bonds. The predicted octanol–water partition coefficient (Wildman–Crippen LogP) is 15.8. The van der Waals surface area contributed by atoms with Gasteiger partial charge in [0.25, 0.3) is 0 Å². The van der Waals surface area contributed by atoms with Crippen molar-refractivity contribution in [3.63, 3.8) is 0 Å². The van der Waals surface area contributed by atoms with Gasteiger partial charge in [0.05, 0.1) is 17.6 Å². The van der Waals surface area contributed by atoms with Gasteiger partial charge in [-0.3, -0.25) is 0 Å². The highest BCUT2D eigenvalue weighted by Gasteiger charge is 2.28.